The van der Waals surface area contributed by atoms with Gasteiger partial charge in [0.1, 0.15) is 0 Å². The van der Waals surface area contributed by atoms with E-state index in [4.69, 9.17) is 40.5 Å². The molecule has 1 amide bonds. The molecular weight excluding hydrogens is 270 g/mol. The summed E-state index contributed by atoms with van der Waals surface area (Å²) in [6.45, 7) is 0. The van der Waals surface area contributed by atoms with Gasteiger partial charge >= 0.3 is 0 Å². The first-order valence-corrected chi connectivity index (χ1v) is 5.81. The van der Waals surface area contributed by atoms with Crippen LogP contribution in [0, 0.1) is 0 Å². The van der Waals surface area contributed by atoms with Crippen LogP contribution in [0.5, 0.6) is 0 Å². The molecule has 1 saturated carbocycles. The van der Waals surface area contributed by atoms with Crippen molar-refractivity contribution in [2.75, 3.05) is 5.32 Å². The number of nitrogens with one attached hydrogen (secondary N) is 1. The van der Waals surface area contributed by atoms with Crippen molar-refractivity contribution in [3.63, 3.8) is 0 Å². The molecule has 6 heteroatoms. The van der Waals surface area contributed by atoms with Crippen molar-refractivity contribution in [2.24, 2.45) is 5.73 Å². The number of rotatable bonds is 2. The molecule has 0 spiro atoms. The molecular formula is C10H9Cl3N2O. The number of hydrogen-bond donors (Lipinski definition) is 2. The summed E-state index contributed by atoms with van der Waals surface area (Å²) in [5.41, 5.74) is 5.34. The van der Waals surface area contributed by atoms with Gasteiger partial charge in [0, 0.05) is 5.02 Å². The molecule has 1 fully saturated rings. The fourth-order valence-corrected chi connectivity index (χ4v) is 2.17. The van der Waals surface area contributed by atoms with Crippen LogP contribution in [0.1, 0.15) is 12.8 Å². The van der Waals surface area contributed by atoms with Gasteiger partial charge in [-0.15, -0.1) is 0 Å². The Hall–Kier alpha value is -0.480. The highest BCUT2D eigenvalue weighted by atomic mass is 35.5. The topological polar surface area (TPSA) is 55.1 Å². The molecule has 1 aromatic rings. The molecule has 16 heavy (non-hydrogen) atoms. The summed E-state index contributed by atoms with van der Waals surface area (Å²) in [5, 5.41) is 3.64. The summed E-state index contributed by atoms with van der Waals surface area (Å²) in [6.07, 6.45) is 1.36. The first-order valence-electron chi connectivity index (χ1n) is 4.67. The second kappa shape index (κ2) is 4.08. The zero-order valence-corrected chi connectivity index (χ0v) is 10.5. The van der Waals surface area contributed by atoms with E-state index in [2.05, 4.69) is 5.32 Å². The molecule has 0 unspecified atom stereocenters. The quantitative estimate of drug-likeness (QED) is 0.874. The van der Waals surface area contributed by atoms with Crippen LogP contribution in [-0.2, 0) is 4.79 Å². The first-order chi connectivity index (χ1) is 7.42. The second-order valence-corrected chi connectivity index (χ2v) is 5.11. The van der Waals surface area contributed by atoms with Crippen LogP contribution in [0.25, 0.3) is 0 Å². The van der Waals surface area contributed by atoms with E-state index in [0.717, 1.165) is 0 Å². The maximum Gasteiger partial charge on any atom is 0.244 e. The number of anilines is 1. The minimum Gasteiger partial charge on any atom is -0.322 e. The standard InChI is InChI=1S/C10H9Cl3N2O/c11-5-3-6(12)8(7(13)4-5)15-9(16)10(14)1-2-10/h3-4H,1-2,14H2,(H,15,16). The summed E-state index contributed by atoms with van der Waals surface area (Å²) in [4.78, 5) is 11.7. The van der Waals surface area contributed by atoms with E-state index in [0.29, 0.717) is 33.6 Å². The largest absolute Gasteiger partial charge is 0.322 e. The van der Waals surface area contributed by atoms with Gasteiger partial charge < -0.3 is 11.1 Å². The summed E-state index contributed by atoms with van der Waals surface area (Å²) in [6, 6.07) is 3.03. The number of benzene rings is 1. The monoisotopic (exact) mass is 278 g/mol. The lowest BCUT2D eigenvalue weighted by molar-refractivity contribution is -0.118. The van der Waals surface area contributed by atoms with E-state index in [9.17, 15) is 4.79 Å². The Morgan fingerprint density at radius 1 is 1.25 bits per heavy atom. The van der Waals surface area contributed by atoms with Gasteiger partial charge in [0.15, 0.2) is 0 Å². The highest BCUT2D eigenvalue weighted by Gasteiger charge is 2.46. The van der Waals surface area contributed by atoms with Crippen LogP contribution >= 0.6 is 34.8 Å². The van der Waals surface area contributed by atoms with Crippen molar-refractivity contribution in [3.8, 4) is 0 Å². The lowest BCUT2D eigenvalue weighted by Gasteiger charge is -2.13. The summed E-state index contributed by atoms with van der Waals surface area (Å²) >= 11 is 17.6. The molecule has 86 valence electrons. The first kappa shape index (κ1) is 12.0. The Kier molecular flexibility index (Phi) is 3.05. The molecule has 0 heterocycles. The third-order valence-electron chi connectivity index (χ3n) is 2.49. The SMILES string of the molecule is NC1(C(=O)Nc2c(Cl)cc(Cl)cc2Cl)CC1. The van der Waals surface area contributed by atoms with Crippen molar-refractivity contribution in [3.05, 3.63) is 27.2 Å². The van der Waals surface area contributed by atoms with Gasteiger partial charge in [-0.2, -0.15) is 0 Å². The van der Waals surface area contributed by atoms with Crippen molar-refractivity contribution in [1.29, 1.82) is 0 Å². The van der Waals surface area contributed by atoms with Gasteiger partial charge in [-0.25, -0.2) is 0 Å². The lowest BCUT2D eigenvalue weighted by Crippen LogP contribution is -2.37. The van der Waals surface area contributed by atoms with Gasteiger partial charge in [0.25, 0.3) is 0 Å². The molecule has 2 rings (SSSR count). The van der Waals surface area contributed by atoms with Crippen LogP contribution in [-0.4, -0.2) is 11.4 Å². The third kappa shape index (κ3) is 2.28. The number of amides is 1. The molecule has 1 aliphatic carbocycles. The molecule has 0 saturated heterocycles. The van der Waals surface area contributed by atoms with Crippen LogP contribution in [0.3, 0.4) is 0 Å². The molecule has 0 aromatic heterocycles. The average Bonchev–Trinajstić information content (AvgIpc) is 2.91. The molecule has 0 atom stereocenters. The molecule has 0 bridgehead atoms. The summed E-state index contributed by atoms with van der Waals surface area (Å²) in [7, 11) is 0. The molecule has 0 radical (unpaired) electrons. The zero-order valence-electron chi connectivity index (χ0n) is 8.19. The summed E-state index contributed by atoms with van der Waals surface area (Å²) in [5.74, 6) is -0.265. The van der Waals surface area contributed by atoms with Crippen LogP contribution in [0.15, 0.2) is 12.1 Å². The van der Waals surface area contributed by atoms with Gasteiger partial charge in [0.05, 0.1) is 21.3 Å². The average molecular weight is 280 g/mol. The number of nitrogens with two attached hydrogens (primary N) is 1. The molecule has 0 aliphatic heterocycles. The van der Waals surface area contributed by atoms with Crippen molar-refractivity contribution < 1.29 is 4.79 Å². The minimum absolute atomic E-state index is 0.265. The van der Waals surface area contributed by atoms with Crippen molar-refractivity contribution in [2.45, 2.75) is 18.4 Å². The Balaban J connectivity index is 2.24. The number of carbonyl (C=O) groups excluding carboxylic acids is 1. The number of halogens is 3. The number of hydrogen-bond acceptors (Lipinski definition) is 2. The molecule has 1 aliphatic rings. The Morgan fingerprint density at radius 2 is 1.75 bits per heavy atom. The highest BCUT2D eigenvalue weighted by Crippen LogP contribution is 2.37. The highest BCUT2D eigenvalue weighted by molar-refractivity contribution is 6.42. The van der Waals surface area contributed by atoms with Gasteiger partial charge in [-0.1, -0.05) is 34.8 Å². The van der Waals surface area contributed by atoms with Gasteiger partial charge in [0.2, 0.25) is 5.91 Å². The Morgan fingerprint density at radius 3 is 2.19 bits per heavy atom. The second-order valence-electron chi connectivity index (χ2n) is 3.85. The predicted molar refractivity (Wildman–Crippen MR) is 66.3 cm³/mol. The maximum absolute atomic E-state index is 11.7. The van der Waals surface area contributed by atoms with E-state index in [-0.39, 0.29) is 5.91 Å². The smallest absolute Gasteiger partial charge is 0.244 e. The molecule has 1 aromatic carbocycles. The fourth-order valence-electron chi connectivity index (χ4n) is 1.26. The van der Waals surface area contributed by atoms with Crippen LogP contribution in [0.2, 0.25) is 15.1 Å². The molecule has 3 N–H and O–H groups in total. The molecule has 3 nitrogen and oxygen atoms in total. The fraction of sp³-hybridized carbons (Fsp3) is 0.300. The Bertz CT molecular complexity index is 434. The van der Waals surface area contributed by atoms with Crippen molar-refractivity contribution >= 4 is 46.4 Å². The van der Waals surface area contributed by atoms with Crippen LogP contribution in [0.4, 0.5) is 5.69 Å². The maximum atomic E-state index is 11.7. The third-order valence-corrected chi connectivity index (χ3v) is 3.30. The van der Waals surface area contributed by atoms with Gasteiger partial charge in [-0.3, -0.25) is 4.79 Å². The summed E-state index contributed by atoms with van der Waals surface area (Å²) < 4.78 is 0. The van der Waals surface area contributed by atoms with E-state index < -0.39 is 5.54 Å². The van der Waals surface area contributed by atoms with Crippen LogP contribution < -0.4 is 11.1 Å². The van der Waals surface area contributed by atoms with E-state index in [1.807, 2.05) is 0 Å². The van der Waals surface area contributed by atoms with Crippen molar-refractivity contribution in [1.82, 2.24) is 0 Å². The van der Waals surface area contributed by atoms with E-state index >= 15 is 0 Å². The van der Waals surface area contributed by atoms with E-state index in [1.165, 1.54) is 12.1 Å². The Labute approximate surface area is 108 Å². The number of carbonyl (C=O) groups is 1. The predicted octanol–water partition coefficient (Wildman–Crippen LogP) is 3.08. The van der Waals surface area contributed by atoms with Gasteiger partial charge in [-0.05, 0) is 25.0 Å². The normalized spacial score (nSPS) is 17.0. The minimum atomic E-state index is -0.758. The van der Waals surface area contributed by atoms with E-state index in [1.54, 1.807) is 0 Å². The lowest BCUT2D eigenvalue weighted by atomic mass is 10.2. The zero-order chi connectivity index (χ0) is 11.9.